The first-order valence-electron chi connectivity index (χ1n) is 9.51. The summed E-state index contributed by atoms with van der Waals surface area (Å²) in [7, 11) is 0. The highest BCUT2D eigenvalue weighted by molar-refractivity contribution is 7.99. The van der Waals surface area contributed by atoms with Gasteiger partial charge in [0.25, 0.3) is 0 Å². The molecule has 0 aliphatic carbocycles. The van der Waals surface area contributed by atoms with Crippen molar-refractivity contribution in [3.8, 4) is 17.0 Å². The summed E-state index contributed by atoms with van der Waals surface area (Å²) in [6, 6.07) is 14.2. The van der Waals surface area contributed by atoms with Gasteiger partial charge < -0.3 is 10.1 Å². The van der Waals surface area contributed by atoms with E-state index in [0.717, 1.165) is 40.5 Å². The first-order chi connectivity index (χ1) is 14.1. The van der Waals surface area contributed by atoms with Crippen LogP contribution >= 0.6 is 23.1 Å². The molecule has 0 saturated carbocycles. The first kappa shape index (κ1) is 21.3. The highest BCUT2D eigenvalue weighted by Gasteiger charge is 2.08. The van der Waals surface area contributed by atoms with Gasteiger partial charge in [0, 0.05) is 22.3 Å². The Morgan fingerprint density at radius 2 is 1.93 bits per heavy atom. The van der Waals surface area contributed by atoms with Crippen LogP contribution in [0, 0.1) is 5.82 Å². The quantitative estimate of drug-likeness (QED) is 0.305. The number of hydrogen-bond donors (Lipinski definition) is 1. The molecule has 152 valence electrons. The van der Waals surface area contributed by atoms with Crippen LogP contribution in [0.25, 0.3) is 11.3 Å². The molecule has 1 heterocycles. The number of aromatic nitrogens is 1. The summed E-state index contributed by atoms with van der Waals surface area (Å²) in [5.74, 6) is 1.36. The molecule has 0 atom stereocenters. The molecule has 1 N–H and O–H groups in total. The zero-order valence-corrected chi connectivity index (χ0v) is 17.8. The molecule has 0 aliphatic heterocycles. The SMILES string of the molecule is CCCOc1ccc(-c2csc(NC(=O)CCCSc3ccc(F)cc3)n2)cc1. The van der Waals surface area contributed by atoms with Crippen molar-refractivity contribution in [2.45, 2.75) is 31.1 Å². The average molecular weight is 431 g/mol. The number of benzene rings is 2. The number of thioether (sulfide) groups is 1. The van der Waals surface area contributed by atoms with Crippen molar-refractivity contribution in [1.82, 2.24) is 4.98 Å². The van der Waals surface area contributed by atoms with Crippen molar-refractivity contribution in [2.75, 3.05) is 17.7 Å². The molecular weight excluding hydrogens is 407 g/mol. The molecule has 0 saturated heterocycles. The first-order valence-corrected chi connectivity index (χ1v) is 11.4. The van der Waals surface area contributed by atoms with E-state index in [2.05, 4.69) is 17.2 Å². The lowest BCUT2D eigenvalue weighted by atomic mass is 10.2. The third kappa shape index (κ3) is 6.87. The maximum absolute atomic E-state index is 12.9. The normalized spacial score (nSPS) is 10.7. The van der Waals surface area contributed by atoms with Crippen LogP contribution in [-0.4, -0.2) is 23.3 Å². The fourth-order valence-corrected chi connectivity index (χ4v) is 4.13. The molecule has 3 rings (SSSR count). The van der Waals surface area contributed by atoms with Crippen molar-refractivity contribution in [3.63, 3.8) is 0 Å². The van der Waals surface area contributed by atoms with Crippen LogP contribution in [0.3, 0.4) is 0 Å². The minimum atomic E-state index is -0.239. The second-order valence-electron chi connectivity index (χ2n) is 6.36. The molecule has 29 heavy (non-hydrogen) atoms. The van der Waals surface area contributed by atoms with E-state index in [-0.39, 0.29) is 11.7 Å². The monoisotopic (exact) mass is 430 g/mol. The highest BCUT2D eigenvalue weighted by atomic mass is 32.2. The number of rotatable bonds is 10. The predicted molar refractivity (Wildman–Crippen MR) is 118 cm³/mol. The second kappa shape index (κ2) is 11.0. The number of nitrogens with one attached hydrogen (secondary N) is 1. The smallest absolute Gasteiger partial charge is 0.226 e. The Bertz CT molecular complexity index is 911. The van der Waals surface area contributed by atoms with Crippen molar-refractivity contribution >= 4 is 34.1 Å². The molecule has 0 radical (unpaired) electrons. The molecule has 0 aliphatic rings. The summed E-state index contributed by atoms with van der Waals surface area (Å²) >= 11 is 3.03. The maximum atomic E-state index is 12.9. The topological polar surface area (TPSA) is 51.2 Å². The number of halogens is 1. The van der Waals surface area contributed by atoms with Crippen LogP contribution in [0.15, 0.2) is 58.8 Å². The van der Waals surface area contributed by atoms with Gasteiger partial charge in [0.15, 0.2) is 5.13 Å². The van der Waals surface area contributed by atoms with E-state index in [4.69, 9.17) is 4.74 Å². The number of carbonyl (C=O) groups is 1. The molecule has 4 nitrogen and oxygen atoms in total. The Labute approximate surface area is 178 Å². The summed E-state index contributed by atoms with van der Waals surface area (Å²) in [6.45, 7) is 2.78. The number of nitrogens with zero attached hydrogens (tertiary/aromatic N) is 1. The molecule has 1 amide bonds. The van der Waals surface area contributed by atoms with Crippen LogP contribution in [0.1, 0.15) is 26.2 Å². The number of amides is 1. The fraction of sp³-hybridized carbons (Fsp3) is 0.273. The number of ether oxygens (including phenoxy) is 1. The lowest BCUT2D eigenvalue weighted by Crippen LogP contribution is -2.11. The summed E-state index contributed by atoms with van der Waals surface area (Å²) in [4.78, 5) is 17.6. The number of anilines is 1. The molecular formula is C22H23FN2O2S2. The van der Waals surface area contributed by atoms with Gasteiger partial charge in [-0.3, -0.25) is 4.79 Å². The van der Waals surface area contributed by atoms with Gasteiger partial charge in [-0.15, -0.1) is 23.1 Å². The molecule has 0 bridgehead atoms. The van der Waals surface area contributed by atoms with E-state index in [1.165, 1.54) is 23.5 Å². The molecule has 0 unspecified atom stereocenters. The van der Waals surface area contributed by atoms with Crippen LogP contribution in [0.2, 0.25) is 0 Å². The van der Waals surface area contributed by atoms with Crippen LogP contribution in [0.4, 0.5) is 9.52 Å². The fourth-order valence-electron chi connectivity index (χ4n) is 2.54. The van der Waals surface area contributed by atoms with Crippen molar-refractivity contribution in [1.29, 1.82) is 0 Å². The van der Waals surface area contributed by atoms with Crippen molar-refractivity contribution in [3.05, 3.63) is 59.7 Å². The van der Waals surface area contributed by atoms with Gasteiger partial charge in [0.1, 0.15) is 11.6 Å². The molecule has 3 aromatic rings. The number of thiazole rings is 1. The Balaban J connectivity index is 1.43. The standard InChI is InChI=1S/C22H23FN2O2S2/c1-2-13-27-18-9-5-16(6-10-18)20-15-29-22(24-20)25-21(26)4-3-14-28-19-11-7-17(23)8-12-19/h5-12,15H,2-4,13-14H2,1H3,(H,24,25,26). The number of carbonyl (C=O) groups excluding carboxylic acids is 1. The average Bonchev–Trinajstić information content (AvgIpc) is 3.19. The molecule has 0 fully saturated rings. The summed E-state index contributed by atoms with van der Waals surface area (Å²) < 4.78 is 18.5. The second-order valence-corrected chi connectivity index (χ2v) is 8.39. The van der Waals surface area contributed by atoms with E-state index >= 15 is 0 Å². The Kier molecular flexibility index (Phi) is 8.07. The van der Waals surface area contributed by atoms with E-state index < -0.39 is 0 Å². The zero-order valence-electron chi connectivity index (χ0n) is 16.2. The van der Waals surface area contributed by atoms with Crippen LogP contribution < -0.4 is 10.1 Å². The molecule has 1 aromatic heterocycles. The summed E-state index contributed by atoms with van der Waals surface area (Å²) in [5.41, 5.74) is 1.82. The summed E-state index contributed by atoms with van der Waals surface area (Å²) in [5, 5.41) is 5.39. The van der Waals surface area contributed by atoms with Gasteiger partial charge >= 0.3 is 0 Å². The van der Waals surface area contributed by atoms with Gasteiger partial charge in [-0.1, -0.05) is 6.92 Å². The van der Waals surface area contributed by atoms with Crippen molar-refractivity contribution in [2.24, 2.45) is 0 Å². The lowest BCUT2D eigenvalue weighted by Gasteiger charge is -2.05. The minimum absolute atomic E-state index is 0.0473. The number of hydrogen-bond acceptors (Lipinski definition) is 5. The Hall–Kier alpha value is -2.38. The van der Waals surface area contributed by atoms with Gasteiger partial charge in [-0.2, -0.15) is 0 Å². The third-order valence-electron chi connectivity index (χ3n) is 4.00. The minimum Gasteiger partial charge on any atom is -0.494 e. The van der Waals surface area contributed by atoms with Gasteiger partial charge in [-0.25, -0.2) is 9.37 Å². The molecule has 0 spiro atoms. The van der Waals surface area contributed by atoms with Gasteiger partial charge in [0.05, 0.1) is 12.3 Å². The predicted octanol–water partition coefficient (Wildman–Crippen LogP) is 6.25. The van der Waals surface area contributed by atoms with Crippen LogP contribution in [0.5, 0.6) is 5.75 Å². The highest BCUT2D eigenvalue weighted by Crippen LogP contribution is 2.27. The lowest BCUT2D eigenvalue weighted by molar-refractivity contribution is -0.116. The molecule has 7 heteroatoms. The van der Waals surface area contributed by atoms with E-state index in [1.54, 1.807) is 23.9 Å². The Morgan fingerprint density at radius 3 is 2.66 bits per heavy atom. The van der Waals surface area contributed by atoms with Gasteiger partial charge in [-0.05, 0) is 67.1 Å². The molecule has 2 aromatic carbocycles. The summed E-state index contributed by atoms with van der Waals surface area (Å²) in [6.07, 6.45) is 2.14. The van der Waals surface area contributed by atoms with Gasteiger partial charge in [0.2, 0.25) is 5.91 Å². The van der Waals surface area contributed by atoms with Crippen LogP contribution in [-0.2, 0) is 4.79 Å². The van der Waals surface area contributed by atoms with E-state index in [9.17, 15) is 9.18 Å². The Morgan fingerprint density at radius 1 is 1.17 bits per heavy atom. The third-order valence-corrected chi connectivity index (χ3v) is 5.86. The van der Waals surface area contributed by atoms with E-state index in [0.29, 0.717) is 18.2 Å². The maximum Gasteiger partial charge on any atom is 0.226 e. The van der Waals surface area contributed by atoms with E-state index in [1.807, 2.05) is 29.6 Å². The largest absolute Gasteiger partial charge is 0.494 e. The zero-order chi connectivity index (χ0) is 20.5. The van der Waals surface area contributed by atoms with Crippen molar-refractivity contribution < 1.29 is 13.9 Å².